The number of nitrogens with two attached hydrogens (primary N) is 1. The number of carbonyl (C=O) groups excluding carboxylic acids is 2. The van der Waals surface area contributed by atoms with Crippen LogP contribution in [0, 0.1) is 6.92 Å². The molecular weight excluding hydrogens is 350 g/mol. The molecule has 2 aromatic carbocycles. The van der Waals surface area contributed by atoms with Crippen molar-refractivity contribution in [2.24, 2.45) is 0 Å². The van der Waals surface area contributed by atoms with Gasteiger partial charge in [0.25, 0.3) is 5.91 Å². The number of rotatable bonds is 4. The van der Waals surface area contributed by atoms with Crippen LogP contribution in [0.25, 0.3) is 0 Å². The van der Waals surface area contributed by atoms with Crippen molar-refractivity contribution in [3.63, 3.8) is 0 Å². The molecule has 1 atom stereocenters. The van der Waals surface area contributed by atoms with E-state index in [4.69, 9.17) is 17.3 Å². The third-order valence-electron chi connectivity index (χ3n) is 4.80. The highest BCUT2D eigenvalue weighted by Gasteiger charge is 2.34. The van der Waals surface area contributed by atoms with E-state index in [0.717, 1.165) is 17.5 Å². The molecule has 3 N–H and O–H groups in total. The van der Waals surface area contributed by atoms with Crippen molar-refractivity contribution in [3.05, 3.63) is 64.2 Å². The van der Waals surface area contributed by atoms with E-state index in [-0.39, 0.29) is 11.8 Å². The second kappa shape index (κ2) is 7.79. The number of carbonyl (C=O) groups is 2. The minimum atomic E-state index is -0.448. The maximum atomic E-state index is 12.9. The Morgan fingerprint density at radius 1 is 1.23 bits per heavy atom. The van der Waals surface area contributed by atoms with Crippen LogP contribution < -0.4 is 11.1 Å². The lowest BCUT2D eigenvalue weighted by atomic mass is 10.1. The Balaban J connectivity index is 1.69. The average molecular weight is 372 g/mol. The van der Waals surface area contributed by atoms with Crippen LogP contribution >= 0.6 is 11.6 Å². The first-order valence-corrected chi connectivity index (χ1v) is 9.03. The van der Waals surface area contributed by atoms with Gasteiger partial charge in [-0.25, -0.2) is 0 Å². The summed E-state index contributed by atoms with van der Waals surface area (Å²) in [6, 6.07) is 12.2. The lowest BCUT2D eigenvalue weighted by Gasteiger charge is -2.25. The first-order chi connectivity index (χ1) is 12.5. The fourth-order valence-electron chi connectivity index (χ4n) is 3.23. The van der Waals surface area contributed by atoms with Crippen LogP contribution in [0.1, 0.15) is 34.3 Å². The number of amides is 2. The predicted octanol–water partition coefficient (Wildman–Crippen LogP) is 3.15. The van der Waals surface area contributed by atoms with Gasteiger partial charge < -0.3 is 16.0 Å². The van der Waals surface area contributed by atoms with Gasteiger partial charge in [0.1, 0.15) is 6.04 Å². The van der Waals surface area contributed by atoms with E-state index in [9.17, 15) is 9.59 Å². The van der Waals surface area contributed by atoms with E-state index in [2.05, 4.69) is 5.32 Å². The molecule has 1 aliphatic rings. The Labute approximate surface area is 158 Å². The molecular formula is C20H22ClN3O2. The number of halogens is 1. The van der Waals surface area contributed by atoms with Crippen molar-refractivity contribution in [1.82, 2.24) is 10.2 Å². The van der Waals surface area contributed by atoms with Crippen molar-refractivity contribution in [1.29, 1.82) is 0 Å². The number of anilines is 1. The van der Waals surface area contributed by atoms with Gasteiger partial charge in [0.05, 0.1) is 0 Å². The SMILES string of the molecule is Cc1c(N)cccc1C(=O)N1CCC[C@H]1C(=O)NCc1ccc(Cl)cc1. The zero-order chi connectivity index (χ0) is 18.7. The third kappa shape index (κ3) is 3.83. The Kier molecular flexibility index (Phi) is 5.47. The molecule has 0 unspecified atom stereocenters. The number of nitrogens with zero attached hydrogens (tertiary/aromatic N) is 1. The fraction of sp³-hybridized carbons (Fsp3) is 0.300. The summed E-state index contributed by atoms with van der Waals surface area (Å²) in [4.78, 5) is 27.2. The molecule has 6 heteroatoms. The second-order valence-electron chi connectivity index (χ2n) is 6.52. The Morgan fingerprint density at radius 2 is 1.96 bits per heavy atom. The summed E-state index contributed by atoms with van der Waals surface area (Å²) >= 11 is 5.87. The Bertz CT molecular complexity index is 820. The van der Waals surface area contributed by atoms with Crippen molar-refractivity contribution in [2.45, 2.75) is 32.4 Å². The van der Waals surface area contributed by atoms with Gasteiger partial charge in [0, 0.05) is 29.4 Å². The number of hydrogen-bond donors (Lipinski definition) is 2. The number of nitrogen functional groups attached to an aromatic ring is 1. The average Bonchev–Trinajstić information content (AvgIpc) is 3.12. The standard InChI is InChI=1S/C20H22ClN3O2/c1-13-16(4-2-5-17(13)22)20(26)24-11-3-6-18(24)19(25)23-12-14-7-9-15(21)10-8-14/h2,4-5,7-10,18H,3,6,11-12,22H2,1H3,(H,23,25)/t18-/m0/s1. The van der Waals surface area contributed by atoms with E-state index in [1.807, 2.05) is 19.1 Å². The number of hydrogen-bond acceptors (Lipinski definition) is 3. The largest absolute Gasteiger partial charge is 0.398 e. The van der Waals surface area contributed by atoms with Gasteiger partial charge in [-0.2, -0.15) is 0 Å². The molecule has 2 aromatic rings. The predicted molar refractivity (Wildman–Crippen MR) is 103 cm³/mol. The molecule has 26 heavy (non-hydrogen) atoms. The summed E-state index contributed by atoms with van der Waals surface area (Å²) in [5.41, 5.74) is 8.77. The second-order valence-corrected chi connectivity index (χ2v) is 6.96. The Morgan fingerprint density at radius 3 is 2.69 bits per heavy atom. The Hall–Kier alpha value is -2.53. The molecule has 1 fully saturated rings. The molecule has 1 heterocycles. The highest BCUT2D eigenvalue weighted by atomic mass is 35.5. The summed E-state index contributed by atoms with van der Waals surface area (Å²) in [6.07, 6.45) is 1.48. The van der Waals surface area contributed by atoms with Gasteiger partial charge in [-0.3, -0.25) is 9.59 Å². The molecule has 5 nitrogen and oxygen atoms in total. The molecule has 2 amide bonds. The number of nitrogens with one attached hydrogen (secondary N) is 1. The summed E-state index contributed by atoms with van der Waals surface area (Å²) in [7, 11) is 0. The van der Waals surface area contributed by atoms with E-state index >= 15 is 0 Å². The van der Waals surface area contributed by atoms with E-state index < -0.39 is 6.04 Å². The zero-order valence-electron chi connectivity index (χ0n) is 14.7. The normalized spacial score (nSPS) is 16.5. The highest BCUT2D eigenvalue weighted by molar-refractivity contribution is 6.30. The van der Waals surface area contributed by atoms with Crippen molar-refractivity contribution in [3.8, 4) is 0 Å². The molecule has 0 saturated carbocycles. The van der Waals surface area contributed by atoms with E-state index in [0.29, 0.717) is 35.8 Å². The third-order valence-corrected chi connectivity index (χ3v) is 5.05. The number of likely N-dealkylation sites (tertiary alicyclic amines) is 1. The van der Waals surface area contributed by atoms with Gasteiger partial charge in [0.15, 0.2) is 0 Å². The first-order valence-electron chi connectivity index (χ1n) is 8.65. The van der Waals surface area contributed by atoms with Crippen molar-refractivity contribution < 1.29 is 9.59 Å². The summed E-state index contributed by atoms with van der Waals surface area (Å²) < 4.78 is 0. The summed E-state index contributed by atoms with van der Waals surface area (Å²) in [5, 5.41) is 3.58. The monoisotopic (exact) mass is 371 g/mol. The molecule has 0 aromatic heterocycles. The topological polar surface area (TPSA) is 75.4 Å². The molecule has 0 bridgehead atoms. The van der Waals surface area contributed by atoms with Crippen LogP contribution in [0.4, 0.5) is 5.69 Å². The van der Waals surface area contributed by atoms with Crippen LogP contribution in [0.2, 0.25) is 5.02 Å². The smallest absolute Gasteiger partial charge is 0.254 e. The van der Waals surface area contributed by atoms with E-state index in [1.165, 1.54) is 0 Å². The molecule has 3 rings (SSSR count). The zero-order valence-corrected chi connectivity index (χ0v) is 15.4. The van der Waals surface area contributed by atoms with Gasteiger partial charge in [-0.05, 0) is 55.2 Å². The van der Waals surface area contributed by atoms with Crippen LogP contribution in [0.3, 0.4) is 0 Å². The molecule has 0 spiro atoms. The molecule has 1 saturated heterocycles. The number of benzene rings is 2. The van der Waals surface area contributed by atoms with Gasteiger partial charge >= 0.3 is 0 Å². The van der Waals surface area contributed by atoms with Crippen LogP contribution in [0.5, 0.6) is 0 Å². The maximum Gasteiger partial charge on any atom is 0.254 e. The fourth-order valence-corrected chi connectivity index (χ4v) is 3.36. The summed E-state index contributed by atoms with van der Waals surface area (Å²) in [5.74, 6) is -0.272. The molecule has 0 radical (unpaired) electrons. The highest BCUT2D eigenvalue weighted by Crippen LogP contribution is 2.24. The molecule has 1 aliphatic heterocycles. The van der Waals surface area contributed by atoms with Crippen molar-refractivity contribution >= 4 is 29.1 Å². The van der Waals surface area contributed by atoms with Gasteiger partial charge in [-0.1, -0.05) is 29.8 Å². The van der Waals surface area contributed by atoms with E-state index in [1.54, 1.807) is 35.2 Å². The van der Waals surface area contributed by atoms with Crippen LogP contribution in [-0.4, -0.2) is 29.3 Å². The first kappa shape index (κ1) is 18.3. The quantitative estimate of drug-likeness (QED) is 0.810. The lowest BCUT2D eigenvalue weighted by molar-refractivity contribution is -0.125. The van der Waals surface area contributed by atoms with Gasteiger partial charge in [-0.15, -0.1) is 0 Å². The lowest BCUT2D eigenvalue weighted by Crippen LogP contribution is -2.45. The maximum absolute atomic E-state index is 12.9. The molecule has 136 valence electrons. The minimum Gasteiger partial charge on any atom is -0.398 e. The van der Waals surface area contributed by atoms with Crippen LogP contribution in [-0.2, 0) is 11.3 Å². The summed E-state index contributed by atoms with van der Waals surface area (Å²) in [6.45, 7) is 2.81. The minimum absolute atomic E-state index is 0.132. The van der Waals surface area contributed by atoms with Crippen LogP contribution in [0.15, 0.2) is 42.5 Å². The van der Waals surface area contributed by atoms with Gasteiger partial charge in [0.2, 0.25) is 5.91 Å². The molecule has 0 aliphatic carbocycles. The van der Waals surface area contributed by atoms with Crippen molar-refractivity contribution in [2.75, 3.05) is 12.3 Å².